The smallest absolute Gasteiger partial charge is 0.310 e. The second-order valence-electron chi connectivity index (χ2n) is 7.42. The second-order valence-corrected chi connectivity index (χ2v) is 7.42. The molecule has 0 unspecified atom stereocenters. The molecule has 4 rings (SSSR count). The van der Waals surface area contributed by atoms with E-state index >= 15 is 0 Å². The molecule has 2 heterocycles. The minimum atomic E-state index is -0.388. The maximum absolute atomic E-state index is 12.7. The summed E-state index contributed by atoms with van der Waals surface area (Å²) in [5, 5.41) is 2.73. The number of imide groups is 1. The van der Waals surface area contributed by atoms with Crippen molar-refractivity contribution in [2.75, 3.05) is 18.5 Å². The predicted octanol–water partition coefficient (Wildman–Crippen LogP) is 3.03. The first kappa shape index (κ1) is 20.7. The van der Waals surface area contributed by atoms with Gasteiger partial charge in [-0.1, -0.05) is 6.92 Å². The third-order valence-electron chi connectivity index (χ3n) is 5.28. The van der Waals surface area contributed by atoms with Gasteiger partial charge in [0.25, 0.3) is 17.7 Å². The zero-order valence-electron chi connectivity index (χ0n) is 17.1. The summed E-state index contributed by atoms with van der Waals surface area (Å²) in [6.07, 6.45) is 1.88. The molecule has 8 nitrogen and oxygen atoms in total. The monoisotopic (exact) mass is 422 g/mol. The van der Waals surface area contributed by atoms with Crippen LogP contribution in [0.25, 0.3) is 0 Å². The molecule has 1 N–H and O–H groups in total. The molecule has 31 heavy (non-hydrogen) atoms. The van der Waals surface area contributed by atoms with Crippen LogP contribution in [0.15, 0.2) is 42.5 Å². The number of ether oxygens (including phenoxy) is 2. The highest BCUT2D eigenvalue weighted by Gasteiger charge is 2.37. The van der Waals surface area contributed by atoms with Crippen molar-refractivity contribution in [3.63, 3.8) is 0 Å². The molecule has 160 valence electrons. The van der Waals surface area contributed by atoms with Gasteiger partial charge in [-0.25, -0.2) is 0 Å². The van der Waals surface area contributed by atoms with E-state index in [1.807, 2.05) is 0 Å². The van der Waals surface area contributed by atoms with Gasteiger partial charge < -0.3 is 14.8 Å². The van der Waals surface area contributed by atoms with Crippen LogP contribution >= 0.6 is 0 Å². The number of benzene rings is 2. The number of carbonyl (C=O) groups is 4. The Hall–Kier alpha value is -3.52. The van der Waals surface area contributed by atoms with Crippen molar-refractivity contribution in [1.82, 2.24) is 4.90 Å². The first-order valence-electron chi connectivity index (χ1n) is 10.2. The van der Waals surface area contributed by atoms with Gasteiger partial charge in [-0.2, -0.15) is 0 Å². The maximum atomic E-state index is 12.7. The lowest BCUT2D eigenvalue weighted by molar-refractivity contribution is -0.134. The fraction of sp³-hybridized carbons (Fsp3) is 0.304. The van der Waals surface area contributed by atoms with E-state index in [1.165, 1.54) is 23.1 Å². The quantitative estimate of drug-likeness (QED) is 0.436. The number of hydrogen-bond acceptors (Lipinski definition) is 6. The van der Waals surface area contributed by atoms with Gasteiger partial charge in [0.15, 0.2) is 0 Å². The van der Waals surface area contributed by atoms with Gasteiger partial charge in [-0.05, 0) is 55.3 Å². The van der Waals surface area contributed by atoms with Crippen LogP contribution in [0.2, 0.25) is 0 Å². The van der Waals surface area contributed by atoms with Crippen LogP contribution in [0, 0.1) is 0 Å². The maximum Gasteiger partial charge on any atom is 0.310 e. The number of anilines is 1. The van der Waals surface area contributed by atoms with Crippen molar-refractivity contribution in [2.24, 2.45) is 0 Å². The van der Waals surface area contributed by atoms with Gasteiger partial charge in [-0.3, -0.25) is 24.1 Å². The Labute approximate surface area is 179 Å². The number of rotatable bonds is 6. The van der Waals surface area contributed by atoms with E-state index in [0.29, 0.717) is 29.2 Å². The van der Waals surface area contributed by atoms with Crippen LogP contribution in [0.3, 0.4) is 0 Å². The third kappa shape index (κ3) is 4.34. The highest BCUT2D eigenvalue weighted by molar-refractivity contribution is 6.22. The molecule has 0 radical (unpaired) electrons. The van der Waals surface area contributed by atoms with Crippen LogP contribution in [-0.4, -0.2) is 47.8 Å². The van der Waals surface area contributed by atoms with Crippen molar-refractivity contribution < 1.29 is 28.7 Å². The van der Waals surface area contributed by atoms with Crippen molar-refractivity contribution in [1.29, 1.82) is 0 Å². The average Bonchev–Trinajstić information content (AvgIpc) is 3.37. The topological polar surface area (TPSA) is 102 Å². The molecular weight excluding hydrogens is 400 g/mol. The minimum absolute atomic E-state index is 0.124. The molecule has 0 aromatic heterocycles. The Morgan fingerprint density at radius 3 is 2.52 bits per heavy atom. The number of fused-ring (bicyclic) bond motifs is 1. The molecule has 0 aliphatic carbocycles. The lowest BCUT2D eigenvalue weighted by Crippen LogP contribution is -2.36. The molecule has 2 aromatic rings. The third-order valence-corrected chi connectivity index (χ3v) is 5.28. The number of carbonyl (C=O) groups excluding carboxylic acids is 4. The van der Waals surface area contributed by atoms with Crippen molar-refractivity contribution in [2.45, 2.75) is 32.3 Å². The van der Waals surface area contributed by atoms with E-state index in [9.17, 15) is 19.2 Å². The van der Waals surface area contributed by atoms with Gasteiger partial charge >= 0.3 is 5.97 Å². The molecule has 2 aliphatic heterocycles. The van der Waals surface area contributed by atoms with Crippen LogP contribution in [0.4, 0.5) is 5.69 Å². The van der Waals surface area contributed by atoms with Crippen molar-refractivity contribution in [3.8, 4) is 5.75 Å². The first-order chi connectivity index (χ1) is 15.0. The molecule has 8 heteroatoms. The summed E-state index contributed by atoms with van der Waals surface area (Å²) < 4.78 is 10.6. The molecule has 0 bridgehead atoms. The fourth-order valence-electron chi connectivity index (χ4n) is 3.61. The number of nitrogens with zero attached hydrogens (tertiary/aromatic N) is 1. The van der Waals surface area contributed by atoms with Crippen LogP contribution in [0.5, 0.6) is 5.75 Å². The van der Waals surface area contributed by atoms with E-state index < -0.39 is 0 Å². The molecule has 3 amide bonds. The van der Waals surface area contributed by atoms with E-state index in [2.05, 4.69) is 5.32 Å². The summed E-state index contributed by atoms with van der Waals surface area (Å²) >= 11 is 0. The van der Waals surface area contributed by atoms with Gasteiger partial charge in [0.05, 0.1) is 23.8 Å². The average molecular weight is 422 g/mol. The van der Waals surface area contributed by atoms with E-state index in [4.69, 9.17) is 9.47 Å². The summed E-state index contributed by atoms with van der Waals surface area (Å²) in [5.41, 5.74) is 1.36. The lowest BCUT2D eigenvalue weighted by Gasteiger charge is -2.17. The zero-order chi connectivity index (χ0) is 22.0. The van der Waals surface area contributed by atoms with Gasteiger partial charge in [-0.15, -0.1) is 0 Å². The number of esters is 1. The largest absolute Gasteiger partial charge is 0.427 e. The highest BCUT2D eigenvalue weighted by Crippen LogP contribution is 2.28. The Morgan fingerprint density at radius 2 is 1.84 bits per heavy atom. The highest BCUT2D eigenvalue weighted by atomic mass is 16.5. The Balaban J connectivity index is 1.44. The molecule has 2 aliphatic rings. The Kier molecular flexibility index (Phi) is 5.81. The lowest BCUT2D eigenvalue weighted by atomic mass is 10.1. The number of nitrogens with one attached hydrogen (secondary N) is 1. The van der Waals surface area contributed by atoms with E-state index in [1.54, 1.807) is 31.2 Å². The molecule has 1 fully saturated rings. The molecule has 1 saturated heterocycles. The van der Waals surface area contributed by atoms with Crippen LogP contribution in [0.1, 0.15) is 57.3 Å². The molecule has 0 spiro atoms. The molecule has 0 saturated carbocycles. The first-order valence-corrected chi connectivity index (χ1v) is 10.2. The Morgan fingerprint density at radius 1 is 1.10 bits per heavy atom. The van der Waals surface area contributed by atoms with Crippen LogP contribution < -0.4 is 10.1 Å². The van der Waals surface area contributed by atoms with E-state index in [-0.39, 0.29) is 48.3 Å². The Bertz CT molecular complexity index is 1040. The van der Waals surface area contributed by atoms with Crippen molar-refractivity contribution in [3.05, 3.63) is 59.2 Å². The standard InChI is InChI=1S/C23H22N2O6/c1-2-20(26)31-16-8-5-14(6-9-16)21(27)24-15-7-10-18-19(12-15)23(29)25(22(18)28)13-17-4-3-11-30-17/h5-10,12,17H,2-4,11,13H2,1H3,(H,24,27)/t17-/m0/s1. The van der Waals surface area contributed by atoms with Gasteiger partial charge in [0.1, 0.15) is 5.75 Å². The zero-order valence-corrected chi connectivity index (χ0v) is 17.1. The summed E-state index contributed by atoms with van der Waals surface area (Å²) in [6, 6.07) is 10.8. The second kappa shape index (κ2) is 8.69. The van der Waals surface area contributed by atoms with Gasteiger partial charge in [0, 0.05) is 24.3 Å². The predicted molar refractivity (Wildman–Crippen MR) is 111 cm³/mol. The van der Waals surface area contributed by atoms with E-state index in [0.717, 1.165) is 12.8 Å². The minimum Gasteiger partial charge on any atom is -0.427 e. The summed E-state index contributed by atoms with van der Waals surface area (Å²) in [5.74, 6) is -1.11. The SMILES string of the molecule is CCC(=O)Oc1ccc(C(=O)Nc2ccc3c(c2)C(=O)N(C[C@@H]2CCCO2)C3=O)cc1. The number of hydrogen-bond donors (Lipinski definition) is 1. The molecule has 1 atom stereocenters. The summed E-state index contributed by atoms with van der Waals surface area (Å²) in [7, 11) is 0. The van der Waals surface area contributed by atoms with Crippen molar-refractivity contribution >= 4 is 29.4 Å². The normalized spacial score (nSPS) is 17.6. The fourth-order valence-corrected chi connectivity index (χ4v) is 3.61. The van der Waals surface area contributed by atoms with Gasteiger partial charge in [0.2, 0.25) is 0 Å². The molecule has 2 aromatic carbocycles. The number of amides is 3. The van der Waals surface area contributed by atoms with Crippen LogP contribution in [-0.2, 0) is 9.53 Å². The molecular formula is C23H22N2O6. The summed E-state index contributed by atoms with van der Waals surface area (Å²) in [6.45, 7) is 2.58. The summed E-state index contributed by atoms with van der Waals surface area (Å²) in [4.78, 5) is 50.5.